The average Bonchev–Trinajstić information content (AvgIpc) is 2.41. The van der Waals surface area contributed by atoms with E-state index in [-0.39, 0.29) is 17.0 Å². The molecule has 1 N–H and O–H groups in total. The minimum atomic E-state index is -5.00. The summed E-state index contributed by atoms with van der Waals surface area (Å²) in [4.78, 5) is 16.3. The van der Waals surface area contributed by atoms with Gasteiger partial charge in [-0.15, -0.1) is 5.10 Å². The summed E-state index contributed by atoms with van der Waals surface area (Å²) in [6.07, 6.45) is -5.07. The first-order valence-corrected chi connectivity index (χ1v) is 5.85. The maximum Gasteiger partial charge on any atom is 0.425 e. The summed E-state index contributed by atoms with van der Waals surface area (Å²) in [5.74, 6) is -1.18. The number of aromatic nitrogens is 2. The highest BCUT2D eigenvalue weighted by atomic mass is 19.4. The number of benzene rings is 1. The first kappa shape index (κ1) is 14.9. The molecule has 0 fully saturated rings. The number of halogens is 3. The smallest absolute Gasteiger partial charge is 0.425 e. The summed E-state index contributed by atoms with van der Waals surface area (Å²) in [5.41, 5.74) is -2.91. The van der Waals surface area contributed by atoms with E-state index in [1.165, 1.54) is 0 Å². The predicted molar refractivity (Wildman–Crippen MR) is 66.9 cm³/mol. The van der Waals surface area contributed by atoms with Crippen LogP contribution in [0.25, 0.3) is 0 Å². The van der Waals surface area contributed by atoms with E-state index in [4.69, 9.17) is 0 Å². The Labute approximate surface area is 117 Å². The molecular formula is C13H11F3N2O3. The van der Waals surface area contributed by atoms with Gasteiger partial charge in [0.05, 0.1) is 0 Å². The molecule has 0 atom stereocenters. The van der Waals surface area contributed by atoms with E-state index in [0.717, 1.165) is 7.11 Å². The first-order valence-electron chi connectivity index (χ1n) is 5.85. The number of alkyl halides is 3. The van der Waals surface area contributed by atoms with Gasteiger partial charge in [-0.05, 0) is 5.56 Å². The monoisotopic (exact) mass is 300 g/mol. The third-order valence-electron chi connectivity index (χ3n) is 2.78. The predicted octanol–water partition coefficient (Wildman–Crippen LogP) is 1.62. The van der Waals surface area contributed by atoms with Crippen LogP contribution in [0.3, 0.4) is 0 Å². The van der Waals surface area contributed by atoms with Crippen molar-refractivity contribution >= 4 is 0 Å². The molecule has 8 heteroatoms. The molecule has 1 aromatic carbocycles. The van der Waals surface area contributed by atoms with Gasteiger partial charge in [-0.25, -0.2) is 0 Å². The third kappa shape index (κ3) is 2.99. The second-order valence-corrected chi connectivity index (χ2v) is 4.19. The van der Waals surface area contributed by atoms with Crippen molar-refractivity contribution in [1.29, 1.82) is 0 Å². The van der Waals surface area contributed by atoms with E-state index in [9.17, 15) is 23.1 Å². The molecule has 0 aliphatic heterocycles. The Morgan fingerprint density at radius 3 is 2.43 bits per heavy atom. The zero-order valence-corrected chi connectivity index (χ0v) is 10.9. The van der Waals surface area contributed by atoms with Gasteiger partial charge in [0.2, 0.25) is 0 Å². The van der Waals surface area contributed by atoms with E-state index >= 15 is 0 Å². The normalized spacial score (nSPS) is 11.4. The van der Waals surface area contributed by atoms with Crippen LogP contribution in [0, 0.1) is 0 Å². The lowest BCUT2D eigenvalue weighted by atomic mass is 10.1. The molecule has 1 aromatic heterocycles. The lowest BCUT2D eigenvalue weighted by Crippen LogP contribution is -2.34. The van der Waals surface area contributed by atoms with Crippen molar-refractivity contribution in [2.45, 2.75) is 12.6 Å². The van der Waals surface area contributed by atoms with Gasteiger partial charge in [0, 0.05) is 6.42 Å². The average molecular weight is 300 g/mol. The zero-order valence-electron chi connectivity index (χ0n) is 10.9. The van der Waals surface area contributed by atoms with Crippen LogP contribution in [-0.4, -0.2) is 22.2 Å². The highest BCUT2D eigenvalue weighted by Crippen LogP contribution is 2.34. The Morgan fingerprint density at radius 1 is 1.29 bits per heavy atom. The molecule has 2 rings (SSSR count). The van der Waals surface area contributed by atoms with Gasteiger partial charge in [0.1, 0.15) is 12.8 Å². The minimum absolute atomic E-state index is 0.0700. The van der Waals surface area contributed by atoms with Gasteiger partial charge in [-0.2, -0.15) is 13.2 Å². The molecule has 2 aromatic rings. The molecular weight excluding hydrogens is 289 g/mol. The summed E-state index contributed by atoms with van der Waals surface area (Å²) < 4.78 is 38.7. The standard InChI is InChI=1S/C13H11F3N2O3/c1-21-18-12(20)10(13(14,15)16)11(19)9(17-18)7-8-5-3-2-4-6-8/h2-6,19H,7H2,1H3. The van der Waals surface area contributed by atoms with Gasteiger partial charge < -0.3 is 9.94 Å². The van der Waals surface area contributed by atoms with Crippen molar-refractivity contribution in [3.8, 4) is 5.75 Å². The van der Waals surface area contributed by atoms with Gasteiger partial charge in [0.15, 0.2) is 11.3 Å². The molecule has 0 amide bonds. The molecule has 0 radical (unpaired) electrons. The van der Waals surface area contributed by atoms with Crippen molar-refractivity contribution in [3.63, 3.8) is 0 Å². The Balaban J connectivity index is 2.59. The molecule has 0 saturated heterocycles. The maximum atomic E-state index is 12.9. The van der Waals surface area contributed by atoms with Crippen molar-refractivity contribution in [2.24, 2.45) is 0 Å². The summed E-state index contributed by atoms with van der Waals surface area (Å²) in [6.45, 7) is 0. The molecule has 0 saturated carbocycles. The molecule has 0 unspecified atom stereocenters. The van der Waals surface area contributed by atoms with Crippen molar-refractivity contribution in [1.82, 2.24) is 9.94 Å². The molecule has 0 aliphatic carbocycles. The molecule has 0 aliphatic rings. The molecule has 0 bridgehead atoms. The zero-order chi connectivity index (χ0) is 15.6. The van der Waals surface area contributed by atoms with Crippen molar-refractivity contribution in [2.75, 3.05) is 7.11 Å². The van der Waals surface area contributed by atoms with Gasteiger partial charge in [-0.1, -0.05) is 35.2 Å². The quantitative estimate of drug-likeness (QED) is 0.935. The summed E-state index contributed by atoms with van der Waals surface area (Å²) in [7, 11) is 1.01. The minimum Gasteiger partial charge on any atom is -0.505 e. The second kappa shape index (κ2) is 5.47. The van der Waals surface area contributed by atoms with Crippen LogP contribution in [0.4, 0.5) is 13.2 Å². The maximum absolute atomic E-state index is 12.9. The van der Waals surface area contributed by atoms with Gasteiger partial charge in [0.25, 0.3) is 0 Å². The second-order valence-electron chi connectivity index (χ2n) is 4.19. The van der Waals surface area contributed by atoms with E-state index in [1.807, 2.05) is 0 Å². The van der Waals surface area contributed by atoms with Gasteiger partial charge in [-0.3, -0.25) is 4.79 Å². The molecule has 5 nitrogen and oxygen atoms in total. The number of rotatable bonds is 3. The van der Waals surface area contributed by atoms with Crippen LogP contribution < -0.4 is 10.4 Å². The topological polar surface area (TPSA) is 64.3 Å². The first-order chi connectivity index (χ1) is 9.84. The fourth-order valence-electron chi connectivity index (χ4n) is 1.83. The SMILES string of the molecule is COn1nc(Cc2ccccc2)c(O)c(C(F)(F)F)c1=O. The summed E-state index contributed by atoms with van der Waals surface area (Å²) in [6, 6.07) is 8.47. The van der Waals surface area contributed by atoms with Crippen LogP contribution in [0.1, 0.15) is 16.8 Å². The Morgan fingerprint density at radius 2 is 1.90 bits per heavy atom. The lowest BCUT2D eigenvalue weighted by molar-refractivity contribution is -0.141. The lowest BCUT2D eigenvalue weighted by Gasteiger charge is -2.13. The van der Waals surface area contributed by atoms with Crippen LogP contribution in [0.2, 0.25) is 0 Å². The summed E-state index contributed by atoms with van der Waals surface area (Å²) in [5, 5.41) is 13.3. The highest BCUT2D eigenvalue weighted by molar-refractivity contribution is 5.38. The molecule has 112 valence electrons. The Bertz CT molecular complexity index is 696. The number of hydrogen-bond donors (Lipinski definition) is 1. The molecule has 21 heavy (non-hydrogen) atoms. The van der Waals surface area contributed by atoms with E-state index in [1.54, 1.807) is 30.3 Å². The number of aromatic hydroxyl groups is 1. The largest absolute Gasteiger partial charge is 0.505 e. The van der Waals surface area contributed by atoms with Crippen LogP contribution in [0.5, 0.6) is 5.75 Å². The molecule has 0 spiro atoms. The highest BCUT2D eigenvalue weighted by Gasteiger charge is 2.40. The van der Waals surface area contributed by atoms with E-state index in [0.29, 0.717) is 5.56 Å². The van der Waals surface area contributed by atoms with Crippen molar-refractivity contribution < 1.29 is 23.1 Å². The van der Waals surface area contributed by atoms with Crippen LogP contribution >= 0.6 is 0 Å². The number of nitrogens with zero attached hydrogens (tertiary/aromatic N) is 2. The van der Waals surface area contributed by atoms with Gasteiger partial charge >= 0.3 is 11.7 Å². The van der Waals surface area contributed by atoms with E-state index < -0.39 is 23.0 Å². The number of hydrogen-bond acceptors (Lipinski definition) is 4. The summed E-state index contributed by atoms with van der Waals surface area (Å²) >= 11 is 0. The Kier molecular flexibility index (Phi) is 3.88. The van der Waals surface area contributed by atoms with Crippen molar-refractivity contribution in [3.05, 3.63) is 57.5 Å². The fraction of sp³-hybridized carbons (Fsp3) is 0.231. The van der Waals surface area contributed by atoms with Crippen LogP contribution in [-0.2, 0) is 12.6 Å². The fourth-order valence-corrected chi connectivity index (χ4v) is 1.83. The van der Waals surface area contributed by atoms with E-state index in [2.05, 4.69) is 9.94 Å². The Hall–Kier alpha value is -2.51. The molecule has 1 heterocycles. The third-order valence-corrected chi connectivity index (χ3v) is 2.78. The van der Waals surface area contributed by atoms with Crippen LogP contribution in [0.15, 0.2) is 35.1 Å².